The quantitative estimate of drug-likeness (QED) is 0.752. The number of ketones is 1. The molecule has 0 radical (unpaired) electrons. The molecular weight excluding hydrogens is 260 g/mol. The Morgan fingerprint density at radius 3 is 2.57 bits per heavy atom. The maximum absolute atomic E-state index is 12.2. The Morgan fingerprint density at radius 2 is 1.95 bits per heavy atom. The number of carbonyl (C=O) groups excluding carboxylic acids is 1. The number of rotatable bonds is 6. The van der Waals surface area contributed by atoms with Crippen LogP contribution in [0.4, 0.5) is 0 Å². The molecule has 3 unspecified atom stereocenters. The molecule has 1 saturated carbocycles. The lowest BCUT2D eigenvalue weighted by molar-refractivity contribution is -0.126. The van der Waals surface area contributed by atoms with Crippen molar-refractivity contribution in [3.63, 3.8) is 0 Å². The van der Waals surface area contributed by atoms with Crippen LogP contribution in [0.2, 0.25) is 0 Å². The van der Waals surface area contributed by atoms with Crippen molar-refractivity contribution in [2.24, 2.45) is 17.8 Å². The summed E-state index contributed by atoms with van der Waals surface area (Å²) in [5.41, 5.74) is 0. The maximum atomic E-state index is 12.2. The molecule has 0 aromatic heterocycles. The van der Waals surface area contributed by atoms with Crippen LogP contribution in [0.25, 0.3) is 0 Å². The van der Waals surface area contributed by atoms with Crippen LogP contribution in [0.1, 0.15) is 53.4 Å². The Labute approximate surface area is 131 Å². The summed E-state index contributed by atoms with van der Waals surface area (Å²) in [4.78, 5) is 17.4. The van der Waals surface area contributed by atoms with E-state index < -0.39 is 0 Å². The van der Waals surface area contributed by atoms with Crippen molar-refractivity contribution in [2.45, 2.75) is 59.4 Å². The molecule has 2 rings (SSSR count). The topological polar surface area (TPSA) is 23.6 Å². The third-order valence-corrected chi connectivity index (χ3v) is 5.80. The average Bonchev–Trinajstić information content (AvgIpc) is 2.91. The average molecular weight is 294 g/mol. The first kappa shape index (κ1) is 17.0. The van der Waals surface area contributed by atoms with E-state index in [2.05, 4.69) is 37.5 Å². The third-order valence-electron chi connectivity index (χ3n) is 5.80. The Hall–Kier alpha value is -0.410. The van der Waals surface area contributed by atoms with Crippen molar-refractivity contribution in [3.05, 3.63) is 0 Å². The van der Waals surface area contributed by atoms with Crippen LogP contribution in [-0.4, -0.2) is 54.3 Å². The third kappa shape index (κ3) is 4.29. The number of hydrogen-bond acceptors (Lipinski definition) is 3. The van der Waals surface area contributed by atoms with E-state index in [-0.39, 0.29) is 0 Å². The number of likely N-dealkylation sites (tertiary alicyclic amines) is 1. The van der Waals surface area contributed by atoms with E-state index in [1.54, 1.807) is 0 Å². The maximum Gasteiger partial charge on any atom is 0.137 e. The number of hydrogen-bond donors (Lipinski definition) is 0. The van der Waals surface area contributed by atoms with Gasteiger partial charge >= 0.3 is 0 Å². The van der Waals surface area contributed by atoms with E-state index in [4.69, 9.17) is 0 Å². The van der Waals surface area contributed by atoms with E-state index in [9.17, 15) is 4.79 Å². The van der Waals surface area contributed by atoms with Crippen molar-refractivity contribution in [2.75, 3.05) is 32.7 Å². The molecule has 0 aromatic carbocycles. The van der Waals surface area contributed by atoms with Crippen LogP contribution in [0, 0.1) is 17.8 Å². The van der Waals surface area contributed by atoms with Gasteiger partial charge in [-0.25, -0.2) is 0 Å². The van der Waals surface area contributed by atoms with Gasteiger partial charge in [0.05, 0.1) is 0 Å². The van der Waals surface area contributed by atoms with E-state index in [0.29, 0.717) is 17.7 Å². The minimum atomic E-state index is 0.307. The van der Waals surface area contributed by atoms with Crippen molar-refractivity contribution < 1.29 is 4.79 Å². The van der Waals surface area contributed by atoms with Gasteiger partial charge in [-0.3, -0.25) is 9.69 Å². The molecule has 0 bridgehead atoms. The summed E-state index contributed by atoms with van der Waals surface area (Å²) in [7, 11) is 0. The van der Waals surface area contributed by atoms with E-state index in [0.717, 1.165) is 57.3 Å². The van der Waals surface area contributed by atoms with Gasteiger partial charge in [-0.05, 0) is 50.7 Å². The molecule has 3 heteroatoms. The predicted octanol–water partition coefficient (Wildman–Crippen LogP) is 3.04. The summed E-state index contributed by atoms with van der Waals surface area (Å²) in [5, 5.41) is 0. The first-order valence-corrected chi connectivity index (χ1v) is 9.04. The number of nitrogens with zero attached hydrogens (tertiary/aromatic N) is 2. The summed E-state index contributed by atoms with van der Waals surface area (Å²) >= 11 is 0. The lowest BCUT2D eigenvalue weighted by Crippen LogP contribution is -2.40. The zero-order valence-electron chi connectivity index (χ0n) is 14.5. The predicted molar refractivity (Wildman–Crippen MR) is 88.4 cm³/mol. The molecule has 21 heavy (non-hydrogen) atoms. The van der Waals surface area contributed by atoms with Crippen LogP contribution in [0.3, 0.4) is 0 Å². The molecular formula is C18H34N2O. The van der Waals surface area contributed by atoms with Crippen LogP contribution in [0.15, 0.2) is 0 Å². The SMILES string of the molecule is CCN(CC)C1CCN(CC2CC(C(C)C)CCC2=O)C1. The fourth-order valence-corrected chi connectivity index (χ4v) is 4.26. The van der Waals surface area contributed by atoms with Crippen molar-refractivity contribution in [1.82, 2.24) is 9.80 Å². The minimum Gasteiger partial charge on any atom is -0.301 e. The molecule has 1 heterocycles. The molecule has 3 atom stereocenters. The zero-order valence-corrected chi connectivity index (χ0v) is 14.5. The van der Waals surface area contributed by atoms with Crippen molar-refractivity contribution in [3.8, 4) is 0 Å². The van der Waals surface area contributed by atoms with Gasteiger partial charge in [0.15, 0.2) is 0 Å². The van der Waals surface area contributed by atoms with Gasteiger partial charge in [-0.15, -0.1) is 0 Å². The second-order valence-corrected chi connectivity index (χ2v) is 7.36. The summed E-state index contributed by atoms with van der Waals surface area (Å²) in [6, 6.07) is 0.708. The second-order valence-electron chi connectivity index (χ2n) is 7.36. The first-order valence-electron chi connectivity index (χ1n) is 9.04. The second kappa shape index (κ2) is 7.73. The molecule has 1 aliphatic carbocycles. The summed E-state index contributed by atoms with van der Waals surface area (Å²) in [6.45, 7) is 14.8. The lowest BCUT2D eigenvalue weighted by Gasteiger charge is -2.33. The Balaban J connectivity index is 1.85. The molecule has 2 aliphatic rings. The lowest BCUT2D eigenvalue weighted by atomic mass is 9.75. The van der Waals surface area contributed by atoms with Gasteiger partial charge < -0.3 is 4.90 Å². The smallest absolute Gasteiger partial charge is 0.137 e. The van der Waals surface area contributed by atoms with Crippen molar-refractivity contribution >= 4 is 5.78 Å². The molecule has 1 aliphatic heterocycles. The number of Topliss-reactive ketones (excluding diaryl/α,β-unsaturated/α-hetero) is 1. The summed E-state index contributed by atoms with van der Waals surface area (Å²) < 4.78 is 0. The highest BCUT2D eigenvalue weighted by Crippen LogP contribution is 2.32. The summed E-state index contributed by atoms with van der Waals surface area (Å²) in [6.07, 6.45) is 4.34. The van der Waals surface area contributed by atoms with E-state index in [1.165, 1.54) is 13.0 Å². The van der Waals surface area contributed by atoms with Crippen LogP contribution >= 0.6 is 0 Å². The fourth-order valence-electron chi connectivity index (χ4n) is 4.26. The highest BCUT2D eigenvalue weighted by atomic mass is 16.1. The molecule has 2 fully saturated rings. The number of carbonyl (C=O) groups is 1. The zero-order chi connectivity index (χ0) is 15.4. The number of likely N-dealkylation sites (N-methyl/N-ethyl adjacent to an activating group) is 1. The summed E-state index contributed by atoms with van der Waals surface area (Å²) in [5.74, 6) is 2.32. The molecule has 0 spiro atoms. The van der Waals surface area contributed by atoms with Gasteiger partial charge in [0.25, 0.3) is 0 Å². The van der Waals surface area contributed by atoms with E-state index >= 15 is 0 Å². The molecule has 0 amide bonds. The molecule has 3 nitrogen and oxygen atoms in total. The fraction of sp³-hybridized carbons (Fsp3) is 0.944. The minimum absolute atomic E-state index is 0.307. The van der Waals surface area contributed by atoms with Gasteiger partial charge in [-0.2, -0.15) is 0 Å². The molecule has 122 valence electrons. The Kier molecular flexibility index (Phi) is 6.24. The molecule has 0 aromatic rings. The normalized spacial score (nSPS) is 31.5. The van der Waals surface area contributed by atoms with Gasteiger partial charge in [-0.1, -0.05) is 27.7 Å². The highest BCUT2D eigenvalue weighted by molar-refractivity contribution is 5.82. The van der Waals surface area contributed by atoms with Crippen LogP contribution < -0.4 is 0 Å². The van der Waals surface area contributed by atoms with Crippen LogP contribution in [-0.2, 0) is 4.79 Å². The van der Waals surface area contributed by atoms with Crippen molar-refractivity contribution in [1.29, 1.82) is 0 Å². The van der Waals surface area contributed by atoms with Gasteiger partial charge in [0, 0.05) is 31.5 Å². The van der Waals surface area contributed by atoms with Gasteiger partial charge in [0.1, 0.15) is 5.78 Å². The van der Waals surface area contributed by atoms with E-state index in [1.807, 2.05) is 0 Å². The highest BCUT2D eigenvalue weighted by Gasteiger charge is 2.34. The Bertz CT molecular complexity index is 338. The first-order chi connectivity index (χ1) is 10.0. The molecule has 1 saturated heterocycles. The molecule has 0 N–H and O–H groups in total. The standard InChI is InChI=1S/C18H34N2O/c1-5-20(6-2)17-9-10-19(13-17)12-16-11-15(14(3)4)7-8-18(16)21/h14-17H,5-13H2,1-4H3. The van der Waals surface area contributed by atoms with Gasteiger partial charge in [0.2, 0.25) is 0 Å². The Morgan fingerprint density at radius 1 is 1.24 bits per heavy atom. The largest absolute Gasteiger partial charge is 0.301 e. The van der Waals surface area contributed by atoms with Crippen LogP contribution in [0.5, 0.6) is 0 Å². The monoisotopic (exact) mass is 294 g/mol.